The van der Waals surface area contributed by atoms with E-state index in [2.05, 4.69) is 38.2 Å². The molecule has 0 spiro atoms. The van der Waals surface area contributed by atoms with Gasteiger partial charge >= 0.3 is 6.03 Å². The molecule has 0 aromatic carbocycles. The Hall–Kier alpha value is -0.890. The number of carbonyl (C=O) groups excluding carboxylic acids is 1. The number of aliphatic hydroxyl groups is 1. The predicted molar refractivity (Wildman–Crippen MR) is 61.1 cm³/mol. The SMILES string of the molecule is O=C(NCCO)Nc1ccc(I)cn1. The quantitative estimate of drug-likeness (QED) is 0.723. The molecule has 3 N–H and O–H groups in total. The standard InChI is InChI=1S/C8H10IN3O2/c9-6-1-2-7(11-5-6)12-8(14)10-3-4-13/h1-2,5,13H,3-4H2,(H2,10,11,12,14). The van der Waals surface area contributed by atoms with Crippen molar-refractivity contribution in [1.29, 1.82) is 0 Å². The number of anilines is 1. The van der Waals surface area contributed by atoms with Gasteiger partial charge in [0.2, 0.25) is 0 Å². The number of aliphatic hydroxyl groups excluding tert-OH is 1. The van der Waals surface area contributed by atoms with Crippen molar-refractivity contribution < 1.29 is 9.90 Å². The van der Waals surface area contributed by atoms with Gasteiger partial charge in [0, 0.05) is 16.3 Å². The maximum atomic E-state index is 11.1. The van der Waals surface area contributed by atoms with Gasteiger partial charge < -0.3 is 10.4 Å². The minimum atomic E-state index is -0.368. The van der Waals surface area contributed by atoms with Crippen LogP contribution in [0.1, 0.15) is 0 Å². The van der Waals surface area contributed by atoms with Crippen molar-refractivity contribution in [3.05, 3.63) is 21.9 Å². The largest absolute Gasteiger partial charge is 0.395 e. The third-order valence-corrected chi connectivity index (χ3v) is 2.00. The second-order valence-electron chi connectivity index (χ2n) is 2.47. The van der Waals surface area contributed by atoms with Crippen LogP contribution in [-0.2, 0) is 0 Å². The molecule has 76 valence electrons. The number of hydrogen-bond acceptors (Lipinski definition) is 3. The average Bonchev–Trinajstić information content (AvgIpc) is 2.18. The Bertz CT molecular complexity index is 302. The fourth-order valence-corrected chi connectivity index (χ4v) is 1.10. The number of carbonyl (C=O) groups is 1. The van der Waals surface area contributed by atoms with Crippen LogP contribution in [0.2, 0.25) is 0 Å². The first kappa shape index (κ1) is 11.2. The van der Waals surface area contributed by atoms with Gasteiger partial charge in [0.25, 0.3) is 0 Å². The topological polar surface area (TPSA) is 74.2 Å². The second-order valence-corrected chi connectivity index (χ2v) is 3.71. The lowest BCUT2D eigenvalue weighted by atomic mass is 10.5. The lowest BCUT2D eigenvalue weighted by molar-refractivity contribution is 0.244. The van der Waals surface area contributed by atoms with Gasteiger partial charge in [0.1, 0.15) is 5.82 Å². The summed E-state index contributed by atoms with van der Waals surface area (Å²) in [6, 6.07) is 3.18. The van der Waals surface area contributed by atoms with Crippen molar-refractivity contribution in [2.24, 2.45) is 0 Å². The first-order chi connectivity index (χ1) is 6.72. The first-order valence-corrected chi connectivity index (χ1v) is 5.07. The monoisotopic (exact) mass is 307 g/mol. The van der Waals surface area contributed by atoms with Crippen molar-refractivity contribution in [3.63, 3.8) is 0 Å². The molecule has 1 heterocycles. The Morgan fingerprint density at radius 2 is 2.36 bits per heavy atom. The minimum absolute atomic E-state index is 0.0759. The Morgan fingerprint density at radius 3 is 2.93 bits per heavy atom. The minimum Gasteiger partial charge on any atom is -0.395 e. The molecule has 0 saturated heterocycles. The van der Waals surface area contributed by atoms with E-state index in [-0.39, 0.29) is 19.2 Å². The van der Waals surface area contributed by atoms with E-state index in [1.54, 1.807) is 12.3 Å². The number of rotatable bonds is 3. The van der Waals surface area contributed by atoms with Gasteiger partial charge in [0.05, 0.1) is 6.61 Å². The van der Waals surface area contributed by atoms with Crippen molar-refractivity contribution in [1.82, 2.24) is 10.3 Å². The van der Waals surface area contributed by atoms with Crippen molar-refractivity contribution in [2.45, 2.75) is 0 Å². The second kappa shape index (κ2) is 5.76. The smallest absolute Gasteiger partial charge is 0.320 e. The van der Waals surface area contributed by atoms with E-state index in [0.717, 1.165) is 3.57 Å². The normalized spacial score (nSPS) is 9.57. The highest BCUT2D eigenvalue weighted by Crippen LogP contribution is 2.06. The molecular formula is C8H10IN3O2. The molecule has 0 unspecified atom stereocenters. The molecule has 1 aromatic rings. The van der Waals surface area contributed by atoms with Crippen LogP contribution >= 0.6 is 22.6 Å². The Morgan fingerprint density at radius 1 is 1.57 bits per heavy atom. The molecule has 14 heavy (non-hydrogen) atoms. The van der Waals surface area contributed by atoms with Gasteiger partial charge in [-0.3, -0.25) is 5.32 Å². The van der Waals surface area contributed by atoms with Crippen LogP contribution in [0.4, 0.5) is 10.6 Å². The number of aromatic nitrogens is 1. The van der Waals surface area contributed by atoms with Crippen LogP contribution in [0.15, 0.2) is 18.3 Å². The van der Waals surface area contributed by atoms with E-state index < -0.39 is 0 Å². The lowest BCUT2D eigenvalue weighted by Crippen LogP contribution is -2.31. The third kappa shape index (κ3) is 3.88. The van der Waals surface area contributed by atoms with E-state index in [1.807, 2.05) is 6.07 Å². The molecule has 0 aliphatic heterocycles. The van der Waals surface area contributed by atoms with Gasteiger partial charge in [-0.2, -0.15) is 0 Å². The number of hydrogen-bond donors (Lipinski definition) is 3. The average molecular weight is 307 g/mol. The summed E-state index contributed by atoms with van der Waals surface area (Å²) in [6.07, 6.45) is 1.65. The first-order valence-electron chi connectivity index (χ1n) is 3.99. The number of amides is 2. The van der Waals surface area contributed by atoms with Gasteiger partial charge in [-0.1, -0.05) is 0 Å². The zero-order chi connectivity index (χ0) is 10.4. The molecule has 1 rings (SSSR count). The molecule has 0 radical (unpaired) electrons. The molecule has 0 atom stereocenters. The summed E-state index contributed by atoms with van der Waals surface area (Å²) < 4.78 is 1.00. The zero-order valence-electron chi connectivity index (χ0n) is 7.33. The molecule has 1 aromatic heterocycles. The summed E-state index contributed by atoms with van der Waals surface area (Å²) in [7, 11) is 0. The molecule has 0 bridgehead atoms. The van der Waals surface area contributed by atoms with Gasteiger partial charge in [0.15, 0.2) is 0 Å². The number of nitrogens with zero attached hydrogens (tertiary/aromatic N) is 1. The van der Waals surface area contributed by atoms with Gasteiger partial charge in [-0.05, 0) is 34.7 Å². The van der Waals surface area contributed by atoms with Gasteiger partial charge in [-0.25, -0.2) is 9.78 Å². The maximum Gasteiger partial charge on any atom is 0.320 e. The van der Waals surface area contributed by atoms with Crippen LogP contribution < -0.4 is 10.6 Å². The van der Waals surface area contributed by atoms with Crippen LogP contribution in [0.3, 0.4) is 0 Å². The summed E-state index contributed by atoms with van der Waals surface area (Å²) >= 11 is 2.13. The summed E-state index contributed by atoms with van der Waals surface area (Å²) in [6.45, 7) is 0.156. The zero-order valence-corrected chi connectivity index (χ0v) is 9.48. The molecule has 6 heteroatoms. The van der Waals surface area contributed by atoms with Crippen LogP contribution in [0.25, 0.3) is 0 Å². The summed E-state index contributed by atoms with van der Waals surface area (Å²) in [4.78, 5) is 15.1. The number of urea groups is 1. The highest BCUT2D eigenvalue weighted by molar-refractivity contribution is 14.1. The third-order valence-electron chi connectivity index (χ3n) is 1.37. The van der Waals surface area contributed by atoms with E-state index in [4.69, 9.17) is 5.11 Å². The van der Waals surface area contributed by atoms with Crippen LogP contribution in [0, 0.1) is 3.57 Å². The summed E-state index contributed by atoms with van der Waals surface area (Å²) in [5.41, 5.74) is 0. The predicted octanol–water partition coefficient (Wildman–Crippen LogP) is 0.800. The molecule has 0 aliphatic carbocycles. The summed E-state index contributed by atoms with van der Waals surface area (Å²) in [5.74, 6) is 0.487. The van der Waals surface area contributed by atoms with Crippen LogP contribution in [0.5, 0.6) is 0 Å². The molecule has 2 amide bonds. The van der Waals surface area contributed by atoms with Crippen LogP contribution in [-0.4, -0.2) is 29.3 Å². The van der Waals surface area contributed by atoms with E-state index >= 15 is 0 Å². The molecule has 0 saturated carbocycles. The maximum absolute atomic E-state index is 11.1. The molecule has 0 aliphatic rings. The lowest BCUT2D eigenvalue weighted by Gasteiger charge is -2.04. The molecule has 0 fully saturated rings. The number of nitrogens with one attached hydrogen (secondary N) is 2. The van der Waals surface area contributed by atoms with E-state index in [0.29, 0.717) is 5.82 Å². The number of pyridine rings is 1. The Labute approximate surface area is 95.1 Å². The van der Waals surface area contributed by atoms with Crippen molar-refractivity contribution in [2.75, 3.05) is 18.5 Å². The van der Waals surface area contributed by atoms with Crippen molar-refractivity contribution >= 4 is 34.4 Å². The Kier molecular flexibility index (Phi) is 4.60. The fourth-order valence-electron chi connectivity index (χ4n) is 0.780. The molecule has 5 nitrogen and oxygen atoms in total. The fraction of sp³-hybridized carbons (Fsp3) is 0.250. The van der Waals surface area contributed by atoms with Crippen molar-refractivity contribution in [3.8, 4) is 0 Å². The van der Waals surface area contributed by atoms with Gasteiger partial charge in [-0.15, -0.1) is 0 Å². The highest BCUT2D eigenvalue weighted by atomic mass is 127. The summed E-state index contributed by atoms with van der Waals surface area (Å²) in [5, 5.41) is 13.4. The van der Waals surface area contributed by atoms with E-state index in [9.17, 15) is 4.79 Å². The number of halogens is 1. The highest BCUT2D eigenvalue weighted by Gasteiger charge is 2.00. The van der Waals surface area contributed by atoms with E-state index in [1.165, 1.54) is 0 Å². The Balaban J connectivity index is 2.44. The molecular weight excluding hydrogens is 297 g/mol.